The molecule has 0 amide bonds. The van der Waals surface area contributed by atoms with Crippen molar-refractivity contribution in [1.29, 1.82) is 0 Å². The Balaban J connectivity index is 1.98. The number of fused-ring (bicyclic) bond motifs is 1. The molecule has 1 saturated carbocycles. The fourth-order valence-corrected chi connectivity index (χ4v) is 3.35. The van der Waals surface area contributed by atoms with Gasteiger partial charge in [0.1, 0.15) is 11.4 Å². The third-order valence-electron chi connectivity index (χ3n) is 4.67. The summed E-state index contributed by atoms with van der Waals surface area (Å²) in [6.45, 7) is 0. The molecule has 0 spiro atoms. The van der Waals surface area contributed by atoms with Gasteiger partial charge in [-0.05, 0) is 49.2 Å². The Kier molecular flexibility index (Phi) is 4.22. The Morgan fingerprint density at radius 3 is 2.48 bits per heavy atom. The number of aromatic nitrogens is 1. The van der Waals surface area contributed by atoms with E-state index in [4.69, 9.17) is 9.41 Å². The summed E-state index contributed by atoms with van der Waals surface area (Å²) in [5.41, 5.74) is 1.14. The van der Waals surface area contributed by atoms with E-state index in [1.807, 2.05) is 6.07 Å². The van der Waals surface area contributed by atoms with Crippen LogP contribution in [0.3, 0.4) is 0 Å². The average molecular weight is 338 g/mol. The highest BCUT2D eigenvalue weighted by molar-refractivity contribution is 5.75. The SMILES string of the molecule is O=c1c2ccccc2oc(=NC2CCCCC2)n1-c1ccc(F)cc1. The van der Waals surface area contributed by atoms with E-state index in [0.29, 0.717) is 16.7 Å². The first-order valence-corrected chi connectivity index (χ1v) is 8.67. The number of hydrogen-bond donors (Lipinski definition) is 0. The standard InChI is InChI=1S/C20H19FN2O2/c21-14-10-12-16(13-11-14)23-19(24)17-8-4-5-9-18(17)25-20(23)22-15-6-2-1-3-7-15/h4-5,8-13,15H,1-3,6-7H2. The number of para-hydroxylation sites is 1. The van der Waals surface area contributed by atoms with Gasteiger partial charge in [0.25, 0.3) is 5.56 Å². The van der Waals surface area contributed by atoms with Crippen molar-refractivity contribution in [1.82, 2.24) is 4.57 Å². The second-order valence-corrected chi connectivity index (χ2v) is 6.42. The number of halogens is 1. The van der Waals surface area contributed by atoms with Crippen LogP contribution >= 0.6 is 0 Å². The molecule has 1 aromatic heterocycles. The van der Waals surface area contributed by atoms with Crippen molar-refractivity contribution in [2.45, 2.75) is 38.1 Å². The molecule has 4 nitrogen and oxygen atoms in total. The van der Waals surface area contributed by atoms with Gasteiger partial charge >= 0.3 is 5.68 Å². The topological polar surface area (TPSA) is 47.5 Å². The lowest BCUT2D eigenvalue weighted by molar-refractivity contribution is 0.400. The number of benzene rings is 2. The van der Waals surface area contributed by atoms with Crippen molar-refractivity contribution in [3.8, 4) is 5.69 Å². The highest BCUT2D eigenvalue weighted by Crippen LogP contribution is 2.20. The summed E-state index contributed by atoms with van der Waals surface area (Å²) < 4.78 is 20.7. The summed E-state index contributed by atoms with van der Waals surface area (Å²) in [5.74, 6) is -0.347. The first-order valence-electron chi connectivity index (χ1n) is 8.67. The van der Waals surface area contributed by atoms with Crippen LogP contribution in [0.1, 0.15) is 32.1 Å². The second kappa shape index (κ2) is 6.67. The predicted molar refractivity (Wildman–Crippen MR) is 94.2 cm³/mol. The van der Waals surface area contributed by atoms with Crippen molar-refractivity contribution in [3.05, 3.63) is 70.4 Å². The fraction of sp³-hybridized carbons (Fsp3) is 0.300. The first kappa shape index (κ1) is 15.8. The lowest BCUT2D eigenvalue weighted by Crippen LogP contribution is -2.33. The highest BCUT2D eigenvalue weighted by atomic mass is 19.1. The maximum Gasteiger partial charge on any atom is 0.305 e. The van der Waals surface area contributed by atoms with E-state index in [2.05, 4.69) is 0 Å². The minimum atomic E-state index is -0.347. The van der Waals surface area contributed by atoms with Gasteiger partial charge in [-0.15, -0.1) is 0 Å². The summed E-state index contributed by atoms with van der Waals surface area (Å²) in [6, 6.07) is 13.1. The van der Waals surface area contributed by atoms with Crippen LogP contribution in [0.4, 0.5) is 4.39 Å². The molecule has 0 aliphatic heterocycles. The van der Waals surface area contributed by atoms with Crippen LogP contribution in [0.2, 0.25) is 0 Å². The van der Waals surface area contributed by atoms with Crippen LogP contribution in [0, 0.1) is 5.82 Å². The van der Waals surface area contributed by atoms with E-state index in [-0.39, 0.29) is 23.1 Å². The van der Waals surface area contributed by atoms with Crippen molar-refractivity contribution in [3.63, 3.8) is 0 Å². The predicted octanol–water partition coefficient (Wildman–Crippen LogP) is 3.96. The first-order chi connectivity index (χ1) is 12.2. The third kappa shape index (κ3) is 3.14. The zero-order chi connectivity index (χ0) is 17.2. The maximum absolute atomic E-state index is 13.3. The molecule has 0 bridgehead atoms. The fourth-order valence-electron chi connectivity index (χ4n) is 3.35. The molecular formula is C20H19FN2O2. The average Bonchev–Trinajstić information content (AvgIpc) is 2.64. The Morgan fingerprint density at radius 1 is 1.00 bits per heavy atom. The van der Waals surface area contributed by atoms with Crippen molar-refractivity contribution in [2.24, 2.45) is 4.99 Å². The molecule has 1 fully saturated rings. The van der Waals surface area contributed by atoms with Crippen molar-refractivity contribution < 1.29 is 8.81 Å². The molecule has 128 valence electrons. The van der Waals surface area contributed by atoms with Crippen molar-refractivity contribution in [2.75, 3.05) is 0 Å². The molecule has 1 aliphatic rings. The van der Waals surface area contributed by atoms with Crippen molar-refractivity contribution >= 4 is 11.0 Å². The molecule has 4 rings (SSSR count). The molecule has 3 aromatic rings. The minimum absolute atomic E-state index is 0.157. The summed E-state index contributed by atoms with van der Waals surface area (Å²) in [6.07, 6.45) is 5.51. The van der Waals surface area contributed by atoms with Gasteiger partial charge < -0.3 is 4.42 Å². The lowest BCUT2D eigenvalue weighted by Gasteiger charge is -2.17. The second-order valence-electron chi connectivity index (χ2n) is 6.42. The molecule has 2 aromatic carbocycles. The zero-order valence-electron chi connectivity index (χ0n) is 13.8. The van der Waals surface area contributed by atoms with E-state index in [9.17, 15) is 9.18 Å². The van der Waals surface area contributed by atoms with E-state index < -0.39 is 0 Å². The largest absolute Gasteiger partial charge is 0.425 e. The molecule has 0 atom stereocenters. The van der Waals surface area contributed by atoms with Gasteiger partial charge in [0.15, 0.2) is 0 Å². The summed E-state index contributed by atoms with van der Waals surface area (Å²) in [5, 5.41) is 0.481. The van der Waals surface area contributed by atoms with E-state index in [0.717, 1.165) is 25.7 Å². The Bertz CT molecular complexity index is 1010. The summed E-state index contributed by atoms with van der Waals surface area (Å²) in [7, 11) is 0. The van der Waals surface area contributed by atoms with Crippen LogP contribution in [0.5, 0.6) is 0 Å². The van der Waals surface area contributed by atoms with Gasteiger partial charge in [-0.1, -0.05) is 31.4 Å². The Morgan fingerprint density at radius 2 is 1.72 bits per heavy atom. The number of rotatable bonds is 2. The third-order valence-corrected chi connectivity index (χ3v) is 4.67. The molecule has 1 heterocycles. The molecule has 5 heteroatoms. The molecule has 0 unspecified atom stereocenters. The van der Waals surface area contributed by atoms with E-state index >= 15 is 0 Å². The van der Waals surface area contributed by atoms with Gasteiger partial charge in [0.05, 0.1) is 17.1 Å². The normalized spacial score (nSPS) is 16.4. The monoisotopic (exact) mass is 338 g/mol. The van der Waals surface area contributed by atoms with Gasteiger partial charge in [-0.25, -0.2) is 13.9 Å². The van der Waals surface area contributed by atoms with Crippen LogP contribution in [-0.4, -0.2) is 10.6 Å². The molecule has 0 saturated heterocycles. The van der Waals surface area contributed by atoms with E-state index in [1.165, 1.54) is 23.1 Å². The number of nitrogens with zero attached hydrogens (tertiary/aromatic N) is 2. The van der Waals surface area contributed by atoms with Crippen LogP contribution in [-0.2, 0) is 0 Å². The zero-order valence-corrected chi connectivity index (χ0v) is 13.8. The minimum Gasteiger partial charge on any atom is -0.425 e. The van der Waals surface area contributed by atoms with Crippen LogP contribution in [0.25, 0.3) is 16.7 Å². The molecule has 0 radical (unpaired) electrons. The molecular weight excluding hydrogens is 319 g/mol. The van der Waals surface area contributed by atoms with E-state index in [1.54, 1.807) is 30.3 Å². The smallest absolute Gasteiger partial charge is 0.305 e. The lowest BCUT2D eigenvalue weighted by atomic mass is 9.96. The molecule has 0 N–H and O–H groups in total. The quantitative estimate of drug-likeness (QED) is 0.710. The van der Waals surface area contributed by atoms with Gasteiger partial charge in [-0.2, -0.15) is 0 Å². The van der Waals surface area contributed by atoms with Gasteiger partial charge in [0.2, 0.25) is 0 Å². The van der Waals surface area contributed by atoms with Gasteiger partial charge in [0, 0.05) is 0 Å². The summed E-state index contributed by atoms with van der Waals surface area (Å²) in [4.78, 5) is 17.8. The highest BCUT2D eigenvalue weighted by Gasteiger charge is 2.15. The van der Waals surface area contributed by atoms with Gasteiger partial charge in [-0.3, -0.25) is 4.79 Å². The molecule has 1 aliphatic carbocycles. The summed E-state index contributed by atoms with van der Waals surface area (Å²) >= 11 is 0. The Labute approximate surface area is 144 Å². The van der Waals surface area contributed by atoms with Crippen LogP contribution < -0.4 is 11.2 Å². The molecule has 25 heavy (non-hydrogen) atoms. The maximum atomic E-state index is 13.3. The Hall–Kier alpha value is -2.69. The number of hydrogen-bond acceptors (Lipinski definition) is 3. The van der Waals surface area contributed by atoms with Crippen LogP contribution in [0.15, 0.2) is 62.7 Å².